The van der Waals surface area contributed by atoms with Crippen LogP contribution in [0.1, 0.15) is 22.0 Å². The number of amides is 1. The summed E-state index contributed by atoms with van der Waals surface area (Å²) < 4.78 is 0. The van der Waals surface area contributed by atoms with Crippen molar-refractivity contribution in [2.24, 2.45) is 0 Å². The minimum absolute atomic E-state index is 0.0949. The topological polar surface area (TPSA) is 32.3 Å². The number of fused-ring (bicyclic) bond motifs is 5. The number of aryl methyl sites for hydroxylation is 1. The molecule has 19 heavy (non-hydrogen) atoms. The highest BCUT2D eigenvalue weighted by atomic mass is 32.1. The molecule has 3 heterocycles. The van der Waals surface area contributed by atoms with E-state index in [4.69, 9.17) is 0 Å². The summed E-state index contributed by atoms with van der Waals surface area (Å²) in [7, 11) is 0. The minimum atomic E-state index is -0.149. The first-order valence-electron chi connectivity index (χ1n) is 6.49. The number of benzene rings is 1. The molecule has 4 heteroatoms. The Balaban J connectivity index is 1.92. The Labute approximate surface area is 115 Å². The third kappa shape index (κ3) is 1.46. The van der Waals surface area contributed by atoms with Gasteiger partial charge in [-0.25, -0.2) is 0 Å². The molecular weight excluding hydrogens is 256 g/mol. The molecule has 4 rings (SSSR count). The van der Waals surface area contributed by atoms with Crippen molar-refractivity contribution in [2.45, 2.75) is 19.4 Å². The number of carbonyl (C=O) groups excluding carboxylic acids is 1. The van der Waals surface area contributed by atoms with Gasteiger partial charge in [0, 0.05) is 11.4 Å². The summed E-state index contributed by atoms with van der Waals surface area (Å²) in [6.07, 6.45) is 1.03. The number of thiophene rings is 1. The molecule has 1 aromatic carbocycles. The average Bonchev–Trinajstić information content (AvgIpc) is 2.86. The van der Waals surface area contributed by atoms with E-state index >= 15 is 0 Å². The van der Waals surface area contributed by atoms with Gasteiger partial charge in [0.25, 0.3) is 5.91 Å². The number of anilines is 2. The third-order valence-corrected chi connectivity index (χ3v) is 4.99. The first kappa shape index (κ1) is 11.1. The van der Waals surface area contributed by atoms with Crippen LogP contribution in [-0.2, 0) is 11.2 Å². The Morgan fingerprint density at radius 3 is 3.16 bits per heavy atom. The van der Waals surface area contributed by atoms with Gasteiger partial charge < -0.3 is 10.2 Å². The molecule has 1 N–H and O–H groups in total. The highest BCUT2D eigenvalue weighted by Crippen LogP contribution is 2.44. The lowest BCUT2D eigenvalue weighted by atomic mass is 9.94. The normalized spacial score (nSPS) is 20.4. The van der Waals surface area contributed by atoms with Gasteiger partial charge in [0.1, 0.15) is 6.04 Å². The van der Waals surface area contributed by atoms with Crippen molar-refractivity contribution in [3.05, 3.63) is 45.6 Å². The molecule has 2 aromatic rings. The number of hydrogen-bond donors (Lipinski definition) is 1. The summed E-state index contributed by atoms with van der Waals surface area (Å²) in [6.45, 7) is 3.03. The van der Waals surface area contributed by atoms with Crippen LogP contribution in [0.25, 0.3) is 0 Å². The van der Waals surface area contributed by atoms with Crippen LogP contribution in [0.4, 0.5) is 11.4 Å². The standard InChI is InChI=1S/C15H14N2OS/c1-9-3-2-4-11-13(9)17-7-5-12-10(6-8-19-12)14(17)15(18)16-11/h2-4,6,8,14H,5,7H2,1H3,(H,16,18). The Kier molecular flexibility index (Phi) is 2.23. The fraction of sp³-hybridized carbons (Fsp3) is 0.267. The molecule has 0 saturated carbocycles. The van der Waals surface area contributed by atoms with E-state index in [0.717, 1.165) is 18.7 Å². The second-order valence-corrected chi connectivity index (χ2v) is 6.11. The number of rotatable bonds is 0. The van der Waals surface area contributed by atoms with Gasteiger partial charge in [0.05, 0.1) is 11.4 Å². The molecule has 0 aliphatic carbocycles. The molecule has 0 fully saturated rings. The summed E-state index contributed by atoms with van der Waals surface area (Å²) in [4.78, 5) is 16.0. The molecule has 3 nitrogen and oxygen atoms in total. The maximum absolute atomic E-state index is 12.4. The van der Waals surface area contributed by atoms with Gasteiger partial charge in [0.2, 0.25) is 0 Å². The Morgan fingerprint density at radius 2 is 2.26 bits per heavy atom. The summed E-state index contributed by atoms with van der Waals surface area (Å²) in [6, 6.07) is 8.04. The van der Waals surface area contributed by atoms with E-state index in [1.165, 1.54) is 21.7 Å². The van der Waals surface area contributed by atoms with E-state index in [1.54, 1.807) is 11.3 Å². The first-order valence-corrected chi connectivity index (χ1v) is 7.37. The predicted molar refractivity (Wildman–Crippen MR) is 77.9 cm³/mol. The molecular formula is C15H14N2OS. The largest absolute Gasteiger partial charge is 0.354 e. The SMILES string of the molecule is Cc1cccc2c1N1CCc3sccc3C1C(=O)N2. The molecule has 96 valence electrons. The van der Waals surface area contributed by atoms with Crippen molar-refractivity contribution in [1.82, 2.24) is 0 Å². The van der Waals surface area contributed by atoms with Gasteiger partial charge in [-0.1, -0.05) is 12.1 Å². The van der Waals surface area contributed by atoms with Crippen molar-refractivity contribution < 1.29 is 4.79 Å². The summed E-state index contributed by atoms with van der Waals surface area (Å²) >= 11 is 1.76. The average molecular weight is 270 g/mol. The lowest BCUT2D eigenvalue weighted by Crippen LogP contribution is -2.45. The van der Waals surface area contributed by atoms with Gasteiger partial charge >= 0.3 is 0 Å². The van der Waals surface area contributed by atoms with E-state index in [0.29, 0.717) is 0 Å². The fourth-order valence-corrected chi connectivity index (χ4v) is 4.09. The molecule has 1 aromatic heterocycles. The predicted octanol–water partition coefficient (Wildman–Crippen LogP) is 3.11. The quantitative estimate of drug-likeness (QED) is 0.797. The van der Waals surface area contributed by atoms with E-state index in [1.807, 2.05) is 12.1 Å². The van der Waals surface area contributed by atoms with Crippen LogP contribution < -0.4 is 10.2 Å². The maximum atomic E-state index is 12.4. The zero-order chi connectivity index (χ0) is 13.0. The molecule has 1 unspecified atom stereocenters. The molecule has 0 saturated heterocycles. The van der Waals surface area contributed by atoms with Crippen LogP contribution >= 0.6 is 11.3 Å². The van der Waals surface area contributed by atoms with Gasteiger partial charge in [-0.05, 0) is 42.0 Å². The van der Waals surface area contributed by atoms with Crippen molar-refractivity contribution in [3.63, 3.8) is 0 Å². The molecule has 1 amide bonds. The first-order chi connectivity index (χ1) is 9.25. The van der Waals surface area contributed by atoms with Crippen molar-refractivity contribution >= 4 is 28.6 Å². The fourth-order valence-electron chi connectivity index (χ4n) is 3.18. The van der Waals surface area contributed by atoms with Crippen LogP contribution in [0.3, 0.4) is 0 Å². The second kappa shape index (κ2) is 3.84. The Hall–Kier alpha value is -1.81. The lowest BCUT2D eigenvalue weighted by molar-refractivity contribution is -0.117. The van der Waals surface area contributed by atoms with Crippen molar-refractivity contribution in [2.75, 3.05) is 16.8 Å². The van der Waals surface area contributed by atoms with Crippen LogP contribution in [0.2, 0.25) is 0 Å². The van der Waals surface area contributed by atoms with Crippen molar-refractivity contribution in [1.29, 1.82) is 0 Å². The zero-order valence-corrected chi connectivity index (χ0v) is 11.5. The summed E-state index contributed by atoms with van der Waals surface area (Å²) in [5.41, 5.74) is 4.53. The van der Waals surface area contributed by atoms with Gasteiger partial charge in [-0.3, -0.25) is 4.79 Å². The Morgan fingerprint density at radius 1 is 1.37 bits per heavy atom. The summed E-state index contributed by atoms with van der Waals surface area (Å²) in [5, 5.41) is 5.15. The zero-order valence-electron chi connectivity index (χ0n) is 10.6. The number of carbonyl (C=O) groups is 1. The van der Waals surface area contributed by atoms with E-state index in [9.17, 15) is 4.79 Å². The second-order valence-electron chi connectivity index (χ2n) is 5.11. The highest BCUT2D eigenvalue weighted by molar-refractivity contribution is 7.10. The maximum Gasteiger partial charge on any atom is 0.251 e. The Bertz CT molecular complexity index is 677. The molecule has 1 atom stereocenters. The molecule has 0 bridgehead atoms. The van der Waals surface area contributed by atoms with Crippen LogP contribution in [0.5, 0.6) is 0 Å². The molecule has 0 radical (unpaired) electrons. The van der Waals surface area contributed by atoms with Gasteiger partial charge in [-0.2, -0.15) is 0 Å². The van der Waals surface area contributed by atoms with E-state index < -0.39 is 0 Å². The van der Waals surface area contributed by atoms with Crippen LogP contribution in [0, 0.1) is 6.92 Å². The van der Waals surface area contributed by atoms with Gasteiger partial charge in [-0.15, -0.1) is 11.3 Å². The highest BCUT2D eigenvalue weighted by Gasteiger charge is 2.38. The number of hydrogen-bond acceptors (Lipinski definition) is 3. The number of nitrogens with zero attached hydrogens (tertiary/aromatic N) is 1. The lowest BCUT2D eigenvalue weighted by Gasteiger charge is -2.41. The van der Waals surface area contributed by atoms with E-state index in [-0.39, 0.29) is 11.9 Å². The van der Waals surface area contributed by atoms with Crippen LogP contribution in [-0.4, -0.2) is 12.5 Å². The van der Waals surface area contributed by atoms with Crippen LogP contribution in [0.15, 0.2) is 29.6 Å². The van der Waals surface area contributed by atoms with Gasteiger partial charge in [0.15, 0.2) is 0 Å². The smallest absolute Gasteiger partial charge is 0.251 e. The monoisotopic (exact) mass is 270 g/mol. The third-order valence-electron chi connectivity index (χ3n) is 4.00. The molecule has 2 aliphatic heterocycles. The van der Waals surface area contributed by atoms with Crippen molar-refractivity contribution in [3.8, 4) is 0 Å². The minimum Gasteiger partial charge on any atom is -0.354 e. The van der Waals surface area contributed by atoms with E-state index in [2.05, 4.69) is 34.7 Å². The number of para-hydroxylation sites is 1. The number of nitrogens with one attached hydrogen (secondary N) is 1. The summed E-state index contributed by atoms with van der Waals surface area (Å²) in [5.74, 6) is 0.0949. The molecule has 0 spiro atoms. The molecule has 2 aliphatic rings.